The fraction of sp³-hybridized carbons (Fsp3) is 0.333. The van der Waals surface area contributed by atoms with Crippen molar-refractivity contribution in [3.8, 4) is 5.75 Å². The molecule has 0 aliphatic carbocycles. The number of nitrogens with one attached hydrogen (secondary N) is 1. The number of H-pyrrole nitrogens is 1. The highest BCUT2D eigenvalue weighted by atomic mass is 32.7. The Morgan fingerprint density at radius 3 is 2.29 bits per heavy atom. The maximum absolute atomic E-state index is 16.4. The number of fused-ring (bicyclic) bond motifs is 3. The number of imidazole rings is 1. The molecule has 0 amide bonds. The fourth-order valence-electron chi connectivity index (χ4n) is 6.35. The molecule has 0 radical (unpaired) electrons. The van der Waals surface area contributed by atoms with Gasteiger partial charge in [-0.3, -0.25) is 37.0 Å². The highest BCUT2D eigenvalue weighted by molar-refractivity contribution is 8.54. The van der Waals surface area contributed by atoms with Crippen molar-refractivity contribution in [2.45, 2.75) is 55.0 Å². The van der Waals surface area contributed by atoms with E-state index in [1.165, 1.54) is 12.1 Å². The lowest BCUT2D eigenvalue weighted by atomic mass is 10.1. The van der Waals surface area contributed by atoms with Crippen LogP contribution in [0.25, 0.3) is 11.2 Å². The van der Waals surface area contributed by atoms with Crippen LogP contribution < -0.4 is 21.7 Å². The van der Waals surface area contributed by atoms with Gasteiger partial charge in [0.25, 0.3) is 5.56 Å². The number of nitrogen functional groups attached to an aromatic ring is 1. The molecule has 0 bridgehead atoms. The number of carbonyl (C=O) groups excluding carboxylic acids is 1. The number of halogens is 2. The van der Waals surface area contributed by atoms with Crippen LogP contribution in [0.4, 0.5) is 14.6 Å². The number of nitrogens with zero attached hydrogens (tertiary/aromatic N) is 5. The maximum Gasteiger partial charge on any atom is 0.472 e. The number of rotatable bonds is 7. The van der Waals surface area contributed by atoms with Crippen molar-refractivity contribution >= 4 is 49.0 Å². The molecule has 3 aliphatic rings. The van der Waals surface area contributed by atoms with Gasteiger partial charge in [-0.2, -0.15) is 0 Å². The molecular weight excluding hydrogens is 834 g/mol. The third-order valence-corrected chi connectivity index (χ3v) is 13.8. The highest BCUT2D eigenvalue weighted by Gasteiger charge is 2.55. The summed E-state index contributed by atoms with van der Waals surface area (Å²) in [7, 11) is -5.22. The number of nitrogens with two attached hydrogens (primary N) is 1. The number of aromatic nitrogens is 6. The largest absolute Gasteiger partial charge is 0.472 e. The molecule has 8 rings (SSSR count). The number of phosphoric ester groups is 1. The molecule has 20 nitrogen and oxygen atoms in total. The Bertz CT molecular complexity index is 2530. The van der Waals surface area contributed by atoms with E-state index in [0.29, 0.717) is 27.1 Å². The number of anilines is 1. The summed E-state index contributed by atoms with van der Waals surface area (Å²) in [4.78, 5) is 61.6. The molecule has 3 aromatic heterocycles. The first kappa shape index (κ1) is 40.1. The van der Waals surface area contributed by atoms with Crippen molar-refractivity contribution in [3.05, 3.63) is 111 Å². The average molecular weight is 866 g/mol. The number of ether oxygens (including phenoxy) is 3. The van der Waals surface area contributed by atoms with Gasteiger partial charge in [-0.15, -0.1) is 0 Å². The Hall–Kier alpha value is -4.67. The molecule has 3 saturated heterocycles. The van der Waals surface area contributed by atoms with Crippen molar-refractivity contribution in [1.29, 1.82) is 0 Å². The van der Waals surface area contributed by atoms with E-state index in [1.807, 2.05) is 4.98 Å². The van der Waals surface area contributed by atoms with E-state index in [4.69, 9.17) is 38.0 Å². The van der Waals surface area contributed by atoms with Gasteiger partial charge < -0.3 is 24.8 Å². The Balaban J connectivity index is 1.08. The molecule has 58 heavy (non-hydrogen) atoms. The van der Waals surface area contributed by atoms with Gasteiger partial charge in [-0.05, 0) is 41.2 Å². The van der Waals surface area contributed by atoms with Crippen LogP contribution in [-0.4, -0.2) is 89.9 Å². The quantitative estimate of drug-likeness (QED) is 0.120. The molecule has 2 unspecified atom stereocenters. The first-order chi connectivity index (χ1) is 27.8. The van der Waals surface area contributed by atoms with Crippen LogP contribution in [0.15, 0.2) is 89.1 Å². The van der Waals surface area contributed by atoms with Crippen molar-refractivity contribution in [2.24, 2.45) is 0 Å². The molecular formula is C33H31F2N7O13P2S. The van der Waals surface area contributed by atoms with Crippen LogP contribution in [0.3, 0.4) is 0 Å². The van der Waals surface area contributed by atoms with Gasteiger partial charge in [0.15, 0.2) is 36.3 Å². The van der Waals surface area contributed by atoms with Crippen molar-refractivity contribution in [3.63, 3.8) is 0 Å². The molecule has 0 spiro atoms. The molecule has 0 saturated carbocycles. The van der Waals surface area contributed by atoms with E-state index in [0.717, 1.165) is 29.5 Å². The SMILES string of the molecule is Nc1ncnc2c1ncn2[C@@H]1O[C@@H]2COP(=O)(SCc3ccc(OC(=O)c4ccccc4)cc3)O[C@H]3[C@@H](F)[C@H](n4ccc(=O)[nH]c4=O)O[C@@H]3COP(=O)(O)O[C@H]2[C@H]1F. The summed E-state index contributed by atoms with van der Waals surface area (Å²) in [6, 6.07) is 15.4. The average Bonchev–Trinajstić information content (AvgIpc) is 3.86. The fourth-order valence-corrected chi connectivity index (χ4v) is 10.7. The number of alkyl halides is 2. The first-order valence-electron chi connectivity index (χ1n) is 17.2. The molecule has 25 heteroatoms. The van der Waals surface area contributed by atoms with Gasteiger partial charge in [-0.25, -0.2) is 42.5 Å². The lowest BCUT2D eigenvalue weighted by molar-refractivity contribution is -0.0619. The summed E-state index contributed by atoms with van der Waals surface area (Å²) in [5.41, 5.74) is 5.07. The van der Waals surface area contributed by atoms with Crippen LogP contribution in [0.5, 0.6) is 5.75 Å². The number of hydrogen-bond acceptors (Lipinski definition) is 17. The lowest BCUT2D eigenvalue weighted by Crippen LogP contribution is -2.38. The first-order valence-corrected chi connectivity index (χ1v) is 21.8. The van der Waals surface area contributed by atoms with Gasteiger partial charge in [0, 0.05) is 18.0 Å². The third kappa shape index (κ3) is 8.28. The Labute approximate surface area is 328 Å². The van der Waals surface area contributed by atoms with Crippen molar-refractivity contribution < 1.29 is 59.9 Å². The van der Waals surface area contributed by atoms with E-state index in [1.54, 1.807) is 42.5 Å². The van der Waals surface area contributed by atoms with Crippen LogP contribution in [0.2, 0.25) is 0 Å². The molecule has 5 aromatic rings. The van der Waals surface area contributed by atoms with Gasteiger partial charge >= 0.3 is 26.3 Å². The Morgan fingerprint density at radius 1 is 0.914 bits per heavy atom. The van der Waals surface area contributed by atoms with E-state index in [2.05, 4.69) is 15.0 Å². The summed E-state index contributed by atoms with van der Waals surface area (Å²) < 4.78 is 102. The molecule has 10 atom stereocenters. The summed E-state index contributed by atoms with van der Waals surface area (Å²) in [5, 5.41) is 0. The zero-order chi connectivity index (χ0) is 40.8. The molecule has 306 valence electrons. The summed E-state index contributed by atoms with van der Waals surface area (Å²) >= 11 is 0.594. The minimum Gasteiger partial charge on any atom is -0.423 e. The highest BCUT2D eigenvalue weighted by Crippen LogP contribution is 2.65. The van der Waals surface area contributed by atoms with E-state index in [9.17, 15) is 28.4 Å². The normalized spacial score (nSPS) is 31.5. The predicted molar refractivity (Wildman–Crippen MR) is 197 cm³/mol. The van der Waals surface area contributed by atoms with E-state index < -0.39 is 94.3 Å². The van der Waals surface area contributed by atoms with Crippen molar-refractivity contribution in [1.82, 2.24) is 29.1 Å². The molecule has 3 aliphatic heterocycles. The van der Waals surface area contributed by atoms with Gasteiger partial charge in [0.1, 0.15) is 42.0 Å². The smallest absolute Gasteiger partial charge is 0.423 e. The Morgan fingerprint density at radius 2 is 1.59 bits per heavy atom. The number of carbonyl (C=O) groups is 1. The summed E-state index contributed by atoms with van der Waals surface area (Å²) in [6.45, 7) is -6.37. The van der Waals surface area contributed by atoms with Crippen LogP contribution in [-0.2, 0) is 42.5 Å². The molecule has 3 fully saturated rings. The number of esters is 1. The van der Waals surface area contributed by atoms with Crippen LogP contribution in [0, 0.1) is 0 Å². The zero-order valence-corrected chi connectivity index (χ0v) is 32.1. The van der Waals surface area contributed by atoms with Gasteiger partial charge in [0.2, 0.25) is 0 Å². The Kier molecular flexibility index (Phi) is 11.2. The zero-order valence-electron chi connectivity index (χ0n) is 29.5. The molecule has 2 aromatic carbocycles. The minimum absolute atomic E-state index is 0.0129. The predicted octanol–water partition coefficient (Wildman–Crippen LogP) is 3.61. The van der Waals surface area contributed by atoms with Crippen LogP contribution >= 0.6 is 26.0 Å². The number of aromatic amines is 1. The second-order valence-corrected chi connectivity index (χ2v) is 18.4. The third-order valence-electron chi connectivity index (χ3n) is 9.16. The van der Waals surface area contributed by atoms with E-state index in [-0.39, 0.29) is 28.5 Å². The second kappa shape index (κ2) is 16.2. The van der Waals surface area contributed by atoms with E-state index >= 15 is 8.78 Å². The molecule has 6 heterocycles. The summed E-state index contributed by atoms with van der Waals surface area (Å²) in [5.74, 6) is -0.496. The number of hydrogen-bond donors (Lipinski definition) is 3. The second-order valence-electron chi connectivity index (χ2n) is 12.9. The standard InChI is InChI=1S/C33H31F2N7O13P2S/c34-23-26-21(53-31(23)42-16-39-25-28(36)37-15-38-29(25)42)13-50-57(48,58-14-17-6-8-19(9-7-17)51-32(44)18-4-2-1-3-5-18)55-27-20(12-49-56(46,47)54-26)52-30(24(27)35)41-11-10-22(43)40-33(41)45/h1-11,15-16,20-21,23-24,26-27,30-31H,12-14H2,(H,46,47)(H2,36,37,38)(H,40,43,45)/t20-,21-,23-,24-,26-,27-,30-,31-,57?/m1/s1. The lowest BCUT2D eigenvalue weighted by Gasteiger charge is -2.29. The topological polar surface area (TPSA) is 261 Å². The monoisotopic (exact) mass is 865 g/mol. The number of phosphoric acid groups is 1. The maximum atomic E-state index is 16.4. The summed E-state index contributed by atoms with van der Waals surface area (Å²) in [6.07, 6.45) is -11.7. The van der Waals surface area contributed by atoms with Crippen LogP contribution in [0.1, 0.15) is 28.4 Å². The van der Waals surface area contributed by atoms with Gasteiger partial charge in [-0.1, -0.05) is 30.3 Å². The number of benzene rings is 2. The van der Waals surface area contributed by atoms with Crippen molar-refractivity contribution in [2.75, 3.05) is 18.9 Å². The molecule has 4 N–H and O–H groups in total. The minimum atomic E-state index is -5.22. The van der Waals surface area contributed by atoms with Gasteiger partial charge in [0.05, 0.1) is 25.1 Å².